The van der Waals surface area contributed by atoms with E-state index in [0.29, 0.717) is 11.9 Å². The van der Waals surface area contributed by atoms with Gasteiger partial charge in [-0.25, -0.2) is 8.42 Å². The van der Waals surface area contributed by atoms with Gasteiger partial charge >= 0.3 is 0 Å². The summed E-state index contributed by atoms with van der Waals surface area (Å²) in [6.07, 6.45) is 5.19. The molecule has 1 saturated heterocycles. The van der Waals surface area contributed by atoms with Gasteiger partial charge in [-0.3, -0.25) is 0 Å². The molecule has 4 nitrogen and oxygen atoms in total. The number of hydrogen-bond acceptors (Lipinski definition) is 4. The summed E-state index contributed by atoms with van der Waals surface area (Å²) in [6, 6.07) is 7.75. The lowest BCUT2D eigenvalue weighted by Gasteiger charge is -2.30. The van der Waals surface area contributed by atoms with Gasteiger partial charge in [0.15, 0.2) is 9.84 Å². The maximum Gasteiger partial charge on any atom is 0.155 e. The van der Waals surface area contributed by atoms with Crippen LogP contribution in [-0.4, -0.2) is 32.6 Å². The molecule has 1 aliphatic heterocycles. The second-order valence-corrected chi connectivity index (χ2v) is 8.39. The highest BCUT2D eigenvalue weighted by atomic mass is 32.2. The minimum Gasteiger partial charge on any atom is -0.490 e. The summed E-state index contributed by atoms with van der Waals surface area (Å²) in [5.41, 5.74) is 1.02. The standard InChI is InChI=1S/C16H23NO3S/c1-17-16(15-4-2-3-11-21(15,18)19)12-5-7-13(8-6-12)20-14-9-10-14/h5-8,14-17H,2-4,9-11H2,1H3. The van der Waals surface area contributed by atoms with Crippen LogP contribution >= 0.6 is 0 Å². The predicted molar refractivity (Wildman–Crippen MR) is 83.3 cm³/mol. The van der Waals surface area contributed by atoms with E-state index in [1.54, 1.807) is 0 Å². The van der Waals surface area contributed by atoms with E-state index in [1.165, 1.54) is 0 Å². The van der Waals surface area contributed by atoms with Crippen molar-refractivity contribution in [2.45, 2.75) is 49.5 Å². The lowest BCUT2D eigenvalue weighted by Crippen LogP contribution is -2.39. The molecule has 0 spiro atoms. The van der Waals surface area contributed by atoms with E-state index in [2.05, 4.69) is 5.32 Å². The van der Waals surface area contributed by atoms with Crippen molar-refractivity contribution in [2.24, 2.45) is 0 Å². The molecule has 5 heteroatoms. The maximum absolute atomic E-state index is 12.3. The largest absolute Gasteiger partial charge is 0.490 e. The molecule has 116 valence electrons. The van der Waals surface area contributed by atoms with Gasteiger partial charge in [0.2, 0.25) is 0 Å². The molecule has 2 unspecified atom stereocenters. The van der Waals surface area contributed by atoms with E-state index in [1.807, 2.05) is 31.3 Å². The Kier molecular flexibility index (Phi) is 4.22. The molecule has 1 aromatic carbocycles. The summed E-state index contributed by atoms with van der Waals surface area (Å²) in [5.74, 6) is 1.20. The Morgan fingerprint density at radius 2 is 1.86 bits per heavy atom. The van der Waals surface area contributed by atoms with E-state index in [9.17, 15) is 8.42 Å². The first kappa shape index (κ1) is 14.9. The van der Waals surface area contributed by atoms with Crippen LogP contribution in [0.4, 0.5) is 0 Å². The van der Waals surface area contributed by atoms with E-state index in [0.717, 1.165) is 43.4 Å². The average molecular weight is 309 g/mol. The molecule has 1 saturated carbocycles. The topological polar surface area (TPSA) is 55.4 Å². The molecule has 0 amide bonds. The van der Waals surface area contributed by atoms with Gasteiger partial charge in [-0.2, -0.15) is 0 Å². The molecule has 1 aliphatic carbocycles. The first-order chi connectivity index (χ1) is 10.1. The predicted octanol–water partition coefficient (Wildman–Crippen LogP) is 2.46. The quantitative estimate of drug-likeness (QED) is 0.908. The van der Waals surface area contributed by atoms with Crippen LogP contribution in [0.1, 0.15) is 43.7 Å². The zero-order valence-corrected chi connectivity index (χ0v) is 13.2. The van der Waals surface area contributed by atoms with Gasteiger partial charge in [-0.15, -0.1) is 0 Å². The lowest BCUT2D eigenvalue weighted by molar-refractivity contribution is 0.303. The molecule has 1 heterocycles. The molecule has 0 aromatic heterocycles. The van der Waals surface area contributed by atoms with Crippen molar-refractivity contribution in [1.82, 2.24) is 5.32 Å². The van der Waals surface area contributed by atoms with Gasteiger partial charge in [0.25, 0.3) is 0 Å². The zero-order valence-electron chi connectivity index (χ0n) is 12.4. The molecule has 2 aliphatic rings. The summed E-state index contributed by atoms with van der Waals surface area (Å²) < 4.78 is 30.4. The Morgan fingerprint density at radius 3 is 2.43 bits per heavy atom. The minimum absolute atomic E-state index is 0.134. The van der Waals surface area contributed by atoms with Crippen LogP contribution in [-0.2, 0) is 9.84 Å². The van der Waals surface area contributed by atoms with Crippen LogP contribution in [0.5, 0.6) is 5.75 Å². The van der Waals surface area contributed by atoms with Crippen LogP contribution in [0.15, 0.2) is 24.3 Å². The highest BCUT2D eigenvalue weighted by Gasteiger charge is 2.35. The van der Waals surface area contributed by atoms with Crippen LogP contribution < -0.4 is 10.1 Å². The van der Waals surface area contributed by atoms with Gasteiger partial charge < -0.3 is 10.1 Å². The highest BCUT2D eigenvalue weighted by Crippen LogP contribution is 2.32. The number of benzene rings is 1. The number of rotatable bonds is 5. The Morgan fingerprint density at radius 1 is 1.14 bits per heavy atom. The number of sulfone groups is 1. The Bertz CT molecular complexity index is 578. The van der Waals surface area contributed by atoms with Crippen LogP contribution in [0, 0.1) is 0 Å². The summed E-state index contributed by atoms with van der Waals surface area (Å²) in [6.45, 7) is 0. The first-order valence-electron chi connectivity index (χ1n) is 7.75. The summed E-state index contributed by atoms with van der Waals surface area (Å²) in [4.78, 5) is 0. The highest BCUT2D eigenvalue weighted by molar-refractivity contribution is 7.92. The second-order valence-electron chi connectivity index (χ2n) is 6.05. The van der Waals surface area contributed by atoms with Gasteiger partial charge in [-0.1, -0.05) is 18.6 Å². The lowest BCUT2D eigenvalue weighted by atomic mass is 9.99. The van der Waals surface area contributed by atoms with E-state index < -0.39 is 9.84 Å². The number of hydrogen-bond donors (Lipinski definition) is 1. The third-order valence-electron chi connectivity index (χ3n) is 4.38. The normalized spacial score (nSPS) is 26.2. The fourth-order valence-electron chi connectivity index (χ4n) is 3.05. The first-order valence-corrected chi connectivity index (χ1v) is 9.47. The van der Waals surface area contributed by atoms with Crippen molar-refractivity contribution >= 4 is 9.84 Å². The van der Waals surface area contributed by atoms with Crippen LogP contribution in [0.2, 0.25) is 0 Å². The molecule has 2 fully saturated rings. The summed E-state index contributed by atoms with van der Waals surface area (Å²) in [5, 5.41) is 2.88. The maximum atomic E-state index is 12.3. The average Bonchev–Trinajstić information content (AvgIpc) is 3.27. The molecule has 21 heavy (non-hydrogen) atoms. The van der Waals surface area contributed by atoms with Crippen molar-refractivity contribution in [3.8, 4) is 5.75 Å². The fraction of sp³-hybridized carbons (Fsp3) is 0.625. The minimum atomic E-state index is -3.00. The number of ether oxygens (including phenoxy) is 1. The Balaban J connectivity index is 1.78. The Hall–Kier alpha value is -1.07. The van der Waals surface area contributed by atoms with Crippen molar-refractivity contribution in [3.63, 3.8) is 0 Å². The Labute approximate surface area is 126 Å². The third-order valence-corrected chi connectivity index (χ3v) is 6.67. The molecule has 3 rings (SSSR count). The molecule has 2 atom stereocenters. The van der Waals surface area contributed by atoms with Crippen LogP contribution in [0.25, 0.3) is 0 Å². The van der Waals surface area contributed by atoms with Gasteiger partial charge in [0.1, 0.15) is 5.75 Å². The molecule has 1 N–H and O–H groups in total. The van der Waals surface area contributed by atoms with E-state index >= 15 is 0 Å². The zero-order chi connectivity index (χ0) is 14.9. The number of nitrogens with one attached hydrogen (secondary N) is 1. The summed E-state index contributed by atoms with van der Waals surface area (Å²) in [7, 11) is -1.16. The fourth-order valence-corrected chi connectivity index (χ4v) is 5.20. The second kappa shape index (κ2) is 5.97. The van der Waals surface area contributed by atoms with Gasteiger partial charge in [0.05, 0.1) is 17.1 Å². The van der Waals surface area contributed by atoms with Gasteiger partial charge in [0, 0.05) is 6.04 Å². The molecule has 1 aromatic rings. The van der Waals surface area contributed by atoms with Gasteiger partial charge in [-0.05, 0) is 50.4 Å². The molecular weight excluding hydrogens is 286 g/mol. The van der Waals surface area contributed by atoms with E-state index in [-0.39, 0.29) is 11.3 Å². The van der Waals surface area contributed by atoms with Crippen molar-refractivity contribution in [3.05, 3.63) is 29.8 Å². The SMILES string of the molecule is CNC(c1ccc(OC2CC2)cc1)C1CCCCS1(=O)=O. The smallest absolute Gasteiger partial charge is 0.155 e. The van der Waals surface area contributed by atoms with Crippen LogP contribution in [0.3, 0.4) is 0 Å². The molecule has 0 bridgehead atoms. The molecule has 0 radical (unpaired) electrons. The van der Waals surface area contributed by atoms with Crippen molar-refractivity contribution < 1.29 is 13.2 Å². The third kappa shape index (κ3) is 3.40. The van der Waals surface area contributed by atoms with Crippen molar-refractivity contribution in [2.75, 3.05) is 12.8 Å². The molecular formula is C16H23NO3S. The van der Waals surface area contributed by atoms with Crippen molar-refractivity contribution in [1.29, 1.82) is 0 Å². The monoisotopic (exact) mass is 309 g/mol. The van der Waals surface area contributed by atoms with E-state index in [4.69, 9.17) is 4.74 Å². The summed E-state index contributed by atoms with van der Waals surface area (Å²) >= 11 is 0.